The topological polar surface area (TPSA) is 72.7 Å². The van der Waals surface area contributed by atoms with Crippen molar-refractivity contribution in [2.24, 2.45) is 7.05 Å². The SMILES string of the molecule is Cn1cnc(CCNC(=O)c2ccnc(F)c2)n1. The molecular weight excluding hydrogens is 237 g/mol. The average Bonchev–Trinajstić information content (AvgIpc) is 2.75. The quantitative estimate of drug-likeness (QED) is 0.792. The van der Waals surface area contributed by atoms with Gasteiger partial charge in [0.15, 0.2) is 5.82 Å². The van der Waals surface area contributed by atoms with Gasteiger partial charge in [-0.1, -0.05) is 0 Å². The first-order chi connectivity index (χ1) is 8.65. The predicted octanol–water partition coefficient (Wildman–Crippen LogP) is 0.322. The molecule has 0 saturated heterocycles. The lowest BCUT2D eigenvalue weighted by molar-refractivity contribution is 0.0953. The molecule has 0 aliphatic heterocycles. The van der Waals surface area contributed by atoms with Crippen molar-refractivity contribution in [2.75, 3.05) is 6.54 Å². The van der Waals surface area contributed by atoms with E-state index in [0.29, 0.717) is 18.8 Å². The van der Waals surface area contributed by atoms with Crippen LogP contribution in [0.15, 0.2) is 24.7 Å². The van der Waals surface area contributed by atoms with Crippen LogP contribution in [-0.4, -0.2) is 32.2 Å². The van der Waals surface area contributed by atoms with Crippen LogP contribution in [0, 0.1) is 5.95 Å². The monoisotopic (exact) mass is 249 g/mol. The van der Waals surface area contributed by atoms with Gasteiger partial charge in [0, 0.05) is 37.8 Å². The van der Waals surface area contributed by atoms with Crippen LogP contribution in [0.2, 0.25) is 0 Å². The van der Waals surface area contributed by atoms with Crippen LogP contribution in [0.1, 0.15) is 16.2 Å². The second kappa shape index (κ2) is 5.35. The number of carbonyl (C=O) groups excluding carboxylic acids is 1. The summed E-state index contributed by atoms with van der Waals surface area (Å²) < 4.78 is 14.4. The molecule has 2 aromatic heterocycles. The van der Waals surface area contributed by atoms with Crippen molar-refractivity contribution in [2.45, 2.75) is 6.42 Å². The first-order valence-electron chi connectivity index (χ1n) is 5.39. The molecule has 94 valence electrons. The zero-order valence-electron chi connectivity index (χ0n) is 9.80. The van der Waals surface area contributed by atoms with Gasteiger partial charge in [-0.2, -0.15) is 9.49 Å². The third-order valence-electron chi connectivity index (χ3n) is 2.27. The van der Waals surface area contributed by atoms with Gasteiger partial charge in [-0.15, -0.1) is 0 Å². The Kier molecular flexibility index (Phi) is 3.61. The first kappa shape index (κ1) is 12.2. The number of hydrogen-bond donors (Lipinski definition) is 1. The Morgan fingerprint density at radius 3 is 3.00 bits per heavy atom. The lowest BCUT2D eigenvalue weighted by atomic mass is 10.2. The molecule has 0 unspecified atom stereocenters. The van der Waals surface area contributed by atoms with E-state index >= 15 is 0 Å². The molecule has 0 aromatic carbocycles. The highest BCUT2D eigenvalue weighted by Crippen LogP contribution is 2.00. The second-order valence-corrected chi connectivity index (χ2v) is 3.71. The Hall–Kier alpha value is -2.31. The molecule has 0 bridgehead atoms. The molecule has 0 saturated carbocycles. The lowest BCUT2D eigenvalue weighted by Gasteiger charge is -2.03. The predicted molar refractivity (Wildman–Crippen MR) is 61.2 cm³/mol. The fourth-order valence-corrected chi connectivity index (χ4v) is 1.43. The van der Waals surface area contributed by atoms with Gasteiger partial charge in [0.2, 0.25) is 5.95 Å². The summed E-state index contributed by atoms with van der Waals surface area (Å²) in [6, 6.07) is 2.55. The van der Waals surface area contributed by atoms with Crippen LogP contribution in [-0.2, 0) is 13.5 Å². The maximum absolute atomic E-state index is 12.8. The number of nitrogens with one attached hydrogen (secondary N) is 1. The molecule has 0 aliphatic rings. The summed E-state index contributed by atoms with van der Waals surface area (Å²) in [5, 5.41) is 6.74. The Balaban J connectivity index is 1.85. The molecule has 2 heterocycles. The number of hydrogen-bond acceptors (Lipinski definition) is 4. The van der Waals surface area contributed by atoms with Gasteiger partial charge in [0.1, 0.15) is 6.33 Å². The summed E-state index contributed by atoms with van der Waals surface area (Å²) in [6.45, 7) is 0.396. The van der Waals surface area contributed by atoms with Crippen molar-refractivity contribution in [1.82, 2.24) is 25.1 Å². The largest absolute Gasteiger partial charge is 0.352 e. The van der Waals surface area contributed by atoms with Crippen molar-refractivity contribution >= 4 is 5.91 Å². The smallest absolute Gasteiger partial charge is 0.251 e. The number of aryl methyl sites for hydroxylation is 1. The number of aromatic nitrogens is 4. The van der Waals surface area contributed by atoms with E-state index in [-0.39, 0.29) is 11.5 Å². The molecule has 0 radical (unpaired) electrons. The molecule has 0 fully saturated rings. The number of nitrogens with zero attached hydrogens (tertiary/aromatic N) is 4. The summed E-state index contributed by atoms with van der Waals surface area (Å²) in [5.41, 5.74) is 0.247. The van der Waals surface area contributed by atoms with E-state index in [9.17, 15) is 9.18 Å². The minimum absolute atomic E-state index is 0.247. The molecule has 1 amide bonds. The lowest BCUT2D eigenvalue weighted by Crippen LogP contribution is -2.26. The summed E-state index contributed by atoms with van der Waals surface area (Å²) in [5.74, 6) is -0.361. The van der Waals surface area contributed by atoms with Crippen molar-refractivity contribution in [3.8, 4) is 0 Å². The molecule has 0 atom stereocenters. The Bertz CT molecular complexity index is 554. The average molecular weight is 249 g/mol. The fourth-order valence-electron chi connectivity index (χ4n) is 1.43. The molecule has 0 aliphatic carbocycles. The van der Waals surface area contributed by atoms with E-state index in [1.807, 2.05) is 0 Å². The highest BCUT2D eigenvalue weighted by molar-refractivity contribution is 5.93. The van der Waals surface area contributed by atoms with Gasteiger partial charge in [-0.05, 0) is 6.07 Å². The molecule has 2 rings (SSSR count). The normalized spacial score (nSPS) is 10.3. The molecule has 18 heavy (non-hydrogen) atoms. The number of rotatable bonds is 4. The summed E-state index contributed by atoms with van der Waals surface area (Å²) >= 11 is 0. The summed E-state index contributed by atoms with van der Waals surface area (Å²) in [7, 11) is 1.77. The van der Waals surface area contributed by atoms with Gasteiger partial charge in [0.05, 0.1) is 0 Å². The van der Waals surface area contributed by atoms with E-state index in [2.05, 4.69) is 20.4 Å². The van der Waals surface area contributed by atoms with Crippen LogP contribution in [0.3, 0.4) is 0 Å². The minimum Gasteiger partial charge on any atom is -0.352 e. The van der Waals surface area contributed by atoms with E-state index in [0.717, 1.165) is 6.07 Å². The molecule has 2 aromatic rings. The first-order valence-corrected chi connectivity index (χ1v) is 5.39. The Morgan fingerprint density at radius 1 is 1.50 bits per heavy atom. The molecule has 7 heteroatoms. The zero-order chi connectivity index (χ0) is 13.0. The van der Waals surface area contributed by atoms with Gasteiger partial charge in [0.25, 0.3) is 5.91 Å². The number of pyridine rings is 1. The maximum atomic E-state index is 12.8. The second-order valence-electron chi connectivity index (χ2n) is 3.71. The highest BCUT2D eigenvalue weighted by Gasteiger charge is 2.07. The van der Waals surface area contributed by atoms with E-state index in [4.69, 9.17) is 0 Å². The number of carbonyl (C=O) groups is 1. The number of amides is 1. The third kappa shape index (κ3) is 3.09. The number of halogens is 1. The summed E-state index contributed by atoms with van der Waals surface area (Å²) in [6.07, 6.45) is 3.38. The van der Waals surface area contributed by atoms with Crippen molar-refractivity contribution in [3.63, 3.8) is 0 Å². The Labute approximate surface area is 103 Å². The molecule has 1 N–H and O–H groups in total. The fraction of sp³-hybridized carbons (Fsp3) is 0.273. The third-order valence-corrected chi connectivity index (χ3v) is 2.27. The van der Waals surface area contributed by atoms with Crippen LogP contribution in [0.4, 0.5) is 4.39 Å². The van der Waals surface area contributed by atoms with Crippen molar-refractivity contribution in [1.29, 1.82) is 0 Å². The van der Waals surface area contributed by atoms with Gasteiger partial charge in [-0.25, -0.2) is 9.97 Å². The van der Waals surface area contributed by atoms with Crippen LogP contribution in [0.25, 0.3) is 0 Å². The van der Waals surface area contributed by atoms with Crippen LogP contribution >= 0.6 is 0 Å². The van der Waals surface area contributed by atoms with Crippen LogP contribution < -0.4 is 5.32 Å². The van der Waals surface area contributed by atoms with Gasteiger partial charge >= 0.3 is 0 Å². The van der Waals surface area contributed by atoms with E-state index in [1.54, 1.807) is 18.1 Å². The van der Waals surface area contributed by atoms with Crippen molar-refractivity contribution < 1.29 is 9.18 Å². The Morgan fingerprint density at radius 2 is 2.33 bits per heavy atom. The van der Waals surface area contributed by atoms with E-state index < -0.39 is 5.95 Å². The van der Waals surface area contributed by atoms with E-state index in [1.165, 1.54) is 12.3 Å². The summed E-state index contributed by atoms with van der Waals surface area (Å²) in [4.78, 5) is 19.1. The standard InChI is InChI=1S/C11H12FN5O/c1-17-7-15-10(16-17)3-5-14-11(18)8-2-4-13-9(12)6-8/h2,4,6-7H,3,5H2,1H3,(H,14,18). The van der Waals surface area contributed by atoms with Gasteiger partial charge in [-0.3, -0.25) is 9.48 Å². The van der Waals surface area contributed by atoms with Crippen molar-refractivity contribution in [3.05, 3.63) is 42.0 Å². The minimum atomic E-state index is -0.672. The highest BCUT2D eigenvalue weighted by atomic mass is 19.1. The van der Waals surface area contributed by atoms with Gasteiger partial charge < -0.3 is 5.32 Å². The molecule has 0 spiro atoms. The zero-order valence-corrected chi connectivity index (χ0v) is 9.80. The molecule has 6 nitrogen and oxygen atoms in total. The molecular formula is C11H12FN5O. The van der Waals surface area contributed by atoms with Crippen LogP contribution in [0.5, 0.6) is 0 Å². The maximum Gasteiger partial charge on any atom is 0.251 e.